The minimum absolute atomic E-state index is 0.0412. The maximum absolute atomic E-state index is 11.4. The molecule has 1 aliphatic rings. The number of nitro benzene ring substituents is 1. The van der Waals surface area contributed by atoms with Crippen molar-refractivity contribution < 1.29 is 14.5 Å². The molecule has 0 saturated heterocycles. The Morgan fingerprint density at radius 3 is 2.33 bits per heavy atom. The third kappa shape index (κ3) is 2.49. The predicted octanol–water partition coefficient (Wildman–Crippen LogP) is 1.60. The summed E-state index contributed by atoms with van der Waals surface area (Å²) in [5, 5.41) is 13.2. The Balaban J connectivity index is 2.17. The van der Waals surface area contributed by atoms with E-state index in [0.29, 0.717) is 5.69 Å². The van der Waals surface area contributed by atoms with Crippen LogP contribution >= 0.6 is 0 Å². The van der Waals surface area contributed by atoms with Gasteiger partial charge in [-0.15, -0.1) is 0 Å². The van der Waals surface area contributed by atoms with Gasteiger partial charge in [-0.3, -0.25) is 19.7 Å². The molecule has 0 unspecified atom stereocenters. The molecule has 0 amide bonds. The van der Waals surface area contributed by atoms with Crippen molar-refractivity contribution in [3.63, 3.8) is 0 Å². The molecule has 0 radical (unpaired) electrons. The van der Waals surface area contributed by atoms with Gasteiger partial charge in [0.2, 0.25) is 5.78 Å². The highest BCUT2D eigenvalue weighted by Gasteiger charge is 2.13. The SMILES string of the molecule is O=C1C=CC(=O)C(Nc2ccc([N+](=O)[O-])cc2)=C1. The Bertz CT molecular complexity index is 585. The molecule has 1 aromatic rings. The van der Waals surface area contributed by atoms with Crippen molar-refractivity contribution in [1.82, 2.24) is 0 Å². The molecule has 2 rings (SSSR count). The fourth-order valence-corrected chi connectivity index (χ4v) is 1.43. The number of carbonyl (C=O) groups excluding carboxylic acids is 2. The van der Waals surface area contributed by atoms with Crippen molar-refractivity contribution in [3.05, 3.63) is 58.3 Å². The van der Waals surface area contributed by atoms with Crippen molar-refractivity contribution in [2.75, 3.05) is 5.32 Å². The minimum atomic E-state index is -0.513. The molecule has 0 aromatic heterocycles. The van der Waals surface area contributed by atoms with E-state index in [-0.39, 0.29) is 23.0 Å². The predicted molar refractivity (Wildman–Crippen MR) is 64.0 cm³/mol. The Morgan fingerprint density at radius 1 is 1.06 bits per heavy atom. The molecular formula is C12H8N2O4. The molecule has 1 aliphatic carbocycles. The number of benzene rings is 1. The van der Waals surface area contributed by atoms with Crippen molar-refractivity contribution in [3.8, 4) is 0 Å². The zero-order valence-corrected chi connectivity index (χ0v) is 9.12. The lowest BCUT2D eigenvalue weighted by Gasteiger charge is -2.09. The van der Waals surface area contributed by atoms with E-state index in [2.05, 4.69) is 5.32 Å². The minimum Gasteiger partial charge on any atom is -0.352 e. The van der Waals surface area contributed by atoms with E-state index in [9.17, 15) is 19.7 Å². The van der Waals surface area contributed by atoms with E-state index in [1.807, 2.05) is 0 Å². The number of hydrogen-bond donors (Lipinski definition) is 1. The molecular weight excluding hydrogens is 236 g/mol. The van der Waals surface area contributed by atoms with Crippen LogP contribution in [0.25, 0.3) is 0 Å². The average molecular weight is 244 g/mol. The van der Waals surface area contributed by atoms with Crippen LogP contribution < -0.4 is 5.32 Å². The van der Waals surface area contributed by atoms with E-state index in [1.54, 1.807) is 0 Å². The third-order valence-electron chi connectivity index (χ3n) is 2.31. The van der Waals surface area contributed by atoms with Crippen LogP contribution in [0.15, 0.2) is 48.2 Å². The summed E-state index contributed by atoms with van der Waals surface area (Å²) in [6.07, 6.45) is 3.54. The van der Waals surface area contributed by atoms with Crippen LogP contribution in [0.3, 0.4) is 0 Å². The standard InChI is InChI=1S/C12H8N2O4/c15-10-5-6-12(16)11(7-10)13-8-1-3-9(4-2-8)14(17)18/h1-7,13H. The first-order valence-electron chi connectivity index (χ1n) is 5.06. The number of ketones is 2. The summed E-state index contributed by atoms with van der Waals surface area (Å²) < 4.78 is 0. The number of carbonyl (C=O) groups is 2. The van der Waals surface area contributed by atoms with E-state index < -0.39 is 4.92 Å². The van der Waals surface area contributed by atoms with Gasteiger partial charge in [-0.05, 0) is 24.3 Å². The van der Waals surface area contributed by atoms with Crippen molar-refractivity contribution >= 4 is 22.9 Å². The van der Waals surface area contributed by atoms with Gasteiger partial charge in [0.15, 0.2) is 5.78 Å². The van der Waals surface area contributed by atoms with Gasteiger partial charge in [-0.1, -0.05) is 0 Å². The van der Waals surface area contributed by atoms with Crippen molar-refractivity contribution in [1.29, 1.82) is 0 Å². The number of nitrogens with zero attached hydrogens (tertiary/aromatic N) is 1. The van der Waals surface area contributed by atoms with Gasteiger partial charge in [0.25, 0.3) is 5.69 Å². The fraction of sp³-hybridized carbons (Fsp3) is 0. The molecule has 0 spiro atoms. The molecule has 1 N–H and O–H groups in total. The van der Waals surface area contributed by atoms with Crippen LogP contribution in [0.2, 0.25) is 0 Å². The molecule has 6 heteroatoms. The first kappa shape index (κ1) is 11.7. The summed E-state index contributed by atoms with van der Waals surface area (Å²) >= 11 is 0. The van der Waals surface area contributed by atoms with Gasteiger partial charge in [0.1, 0.15) is 0 Å². The maximum atomic E-state index is 11.4. The Morgan fingerprint density at radius 2 is 1.72 bits per heavy atom. The third-order valence-corrected chi connectivity index (χ3v) is 2.31. The molecule has 1 aromatic carbocycles. The van der Waals surface area contributed by atoms with Crippen LogP contribution in [0.4, 0.5) is 11.4 Å². The average Bonchev–Trinajstić information content (AvgIpc) is 2.34. The number of hydrogen-bond acceptors (Lipinski definition) is 5. The second kappa shape index (κ2) is 4.62. The van der Waals surface area contributed by atoms with Gasteiger partial charge in [-0.25, -0.2) is 0 Å². The number of rotatable bonds is 3. The number of nitrogens with one attached hydrogen (secondary N) is 1. The van der Waals surface area contributed by atoms with E-state index in [0.717, 1.165) is 0 Å². The highest BCUT2D eigenvalue weighted by atomic mass is 16.6. The smallest absolute Gasteiger partial charge is 0.269 e. The zero-order chi connectivity index (χ0) is 13.1. The molecule has 0 atom stereocenters. The van der Waals surface area contributed by atoms with E-state index in [4.69, 9.17) is 0 Å². The van der Waals surface area contributed by atoms with E-state index >= 15 is 0 Å². The quantitative estimate of drug-likeness (QED) is 0.495. The molecule has 90 valence electrons. The Kier molecular flexibility index (Phi) is 3.01. The molecule has 0 fully saturated rings. The second-order valence-corrected chi connectivity index (χ2v) is 3.59. The fourth-order valence-electron chi connectivity index (χ4n) is 1.43. The Hall–Kier alpha value is -2.76. The lowest BCUT2D eigenvalue weighted by molar-refractivity contribution is -0.384. The first-order chi connectivity index (χ1) is 8.56. The van der Waals surface area contributed by atoms with Crippen LogP contribution in [-0.4, -0.2) is 16.5 Å². The first-order valence-corrected chi connectivity index (χ1v) is 5.06. The van der Waals surface area contributed by atoms with Crippen LogP contribution in [0.5, 0.6) is 0 Å². The number of nitro groups is 1. The summed E-state index contributed by atoms with van der Waals surface area (Å²) in [5.74, 6) is -0.591. The molecule has 0 aliphatic heterocycles. The molecule has 6 nitrogen and oxygen atoms in total. The van der Waals surface area contributed by atoms with Gasteiger partial charge < -0.3 is 5.32 Å². The molecule has 0 bridgehead atoms. The van der Waals surface area contributed by atoms with E-state index in [1.165, 1.54) is 42.5 Å². The van der Waals surface area contributed by atoms with Gasteiger partial charge in [-0.2, -0.15) is 0 Å². The number of anilines is 1. The monoisotopic (exact) mass is 244 g/mol. The van der Waals surface area contributed by atoms with Crippen LogP contribution in [-0.2, 0) is 9.59 Å². The van der Waals surface area contributed by atoms with Crippen LogP contribution in [0.1, 0.15) is 0 Å². The molecule has 0 saturated carbocycles. The maximum Gasteiger partial charge on any atom is 0.269 e. The summed E-state index contributed by atoms with van der Waals surface area (Å²) in [4.78, 5) is 32.5. The second-order valence-electron chi connectivity index (χ2n) is 3.59. The summed E-state index contributed by atoms with van der Waals surface area (Å²) in [5.41, 5.74) is 0.611. The largest absolute Gasteiger partial charge is 0.352 e. The summed E-state index contributed by atoms with van der Waals surface area (Å²) in [6, 6.07) is 5.56. The zero-order valence-electron chi connectivity index (χ0n) is 9.12. The topological polar surface area (TPSA) is 89.3 Å². The van der Waals surface area contributed by atoms with Gasteiger partial charge in [0.05, 0.1) is 10.6 Å². The highest BCUT2D eigenvalue weighted by Crippen LogP contribution is 2.18. The van der Waals surface area contributed by atoms with Gasteiger partial charge >= 0.3 is 0 Å². The normalized spacial score (nSPS) is 14.3. The summed E-state index contributed by atoms with van der Waals surface area (Å²) in [7, 11) is 0. The van der Waals surface area contributed by atoms with Crippen molar-refractivity contribution in [2.24, 2.45) is 0 Å². The Labute approximate surface area is 102 Å². The van der Waals surface area contributed by atoms with Crippen LogP contribution in [0, 0.1) is 10.1 Å². The van der Waals surface area contributed by atoms with Crippen molar-refractivity contribution in [2.45, 2.75) is 0 Å². The number of allylic oxidation sites excluding steroid dienone is 3. The lowest BCUT2D eigenvalue weighted by atomic mass is 10.1. The number of non-ortho nitro benzene ring substituents is 1. The molecule has 18 heavy (non-hydrogen) atoms. The lowest BCUT2D eigenvalue weighted by Crippen LogP contribution is -2.14. The molecule has 0 heterocycles. The highest BCUT2D eigenvalue weighted by molar-refractivity contribution is 6.18. The summed E-state index contributed by atoms with van der Waals surface area (Å²) in [6.45, 7) is 0. The van der Waals surface area contributed by atoms with Gasteiger partial charge in [0, 0.05) is 23.9 Å².